The van der Waals surface area contributed by atoms with Gasteiger partial charge in [0.1, 0.15) is 11.0 Å². The molecule has 0 saturated heterocycles. The van der Waals surface area contributed by atoms with E-state index in [0.29, 0.717) is 81.5 Å². The number of aliphatic hydroxyl groups is 2. The molecule has 0 saturated carbocycles. The second-order valence-electron chi connectivity index (χ2n) is 14.7. The fraction of sp³-hybridized carbons (Fsp3) is 0.375. The first-order valence-electron chi connectivity index (χ1n) is 21.1. The van der Waals surface area contributed by atoms with Crippen molar-refractivity contribution in [2.24, 2.45) is 0 Å². The van der Waals surface area contributed by atoms with E-state index < -0.39 is 0 Å². The van der Waals surface area contributed by atoms with Crippen LogP contribution >= 0.6 is 0 Å². The predicted molar refractivity (Wildman–Crippen MR) is 247 cm³/mol. The summed E-state index contributed by atoms with van der Waals surface area (Å²) in [6.07, 6.45) is 0.674. The fourth-order valence-corrected chi connectivity index (χ4v) is 7.18. The lowest BCUT2D eigenvalue weighted by Gasteiger charge is -2.28. The van der Waals surface area contributed by atoms with Crippen LogP contribution in [0.3, 0.4) is 0 Å². The maximum atomic E-state index is 9.75. The molecule has 0 radical (unpaired) electrons. The van der Waals surface area contributed by atoms with E-state index in [1.807, 2.05) is 82.6 Å². The highest BCUT2D eigenvalue weighted by atomic mass is 16.5. The molecule has 6 aromatic rings. The molecule has 2 heterocycles. The van der Waals surface area contributed by atoms with Crippen molar-refractivity contribution in [3.63, 3.8) is 0 Å². The number of benzene rings is 4. The molecule has 66 heavy (non-hydrogen) atoms. The van der Waals surface area contributed by atoms with E-state index in [-0.39, 0.29) is 64.6 Å². The van der Waals surface area contributed by atoms with Crippen molar-refractivity contribution in [3.05, 3.63) is 95.1 Å². The van der Waals surface area contributed by atoms with Gasteiger partial charge in [-0.2, -0.15) is 19.9 Å². The summed E-state index contributed by atoms with van der Waals surface area (Å²) in [5, 5.41) is 19.5. The van der Waals surface area contributed by atoms with Crippen molar-refractivity contribution >= 4 is 22.7 Å². The van der Waals surface area contributed by atoms with Gasteiger partial charge in [-0.15, -0.1) is 0 Å². The molecule has 0 atom stereocenters. The maximum Gasteiger partial charge on any atom is 0.319 e. The van der Waals surface area contributed by atoms with Crippen molar-refractivity contribution in [1.82, 2.24) is 19.9 Å². The van der Waals surface area contributed by atoms with Crippen LogP contribution in [0, 0.1) is 0 Å². The third-order valence-electron chi connectivity index (χ3n) is 10.4. The predicted octanol–water partition coefficient (Wildman–Crippen LogP) is 6.42. The van der Waals surface area contributed by atoms with Gasteiger partial charge in [0.15, 0.2) is 57.6 Å². The average molecular weight is 911 g/mol. The van der Waals surface area contributed by atoms with Gasteiger partial charge in [-0.3, -0.25) is 0 Å². The summed E-state index contributed by atoms with van der Waals surface area (Å²) >= 11 is 0. The molecule has 4 aromatic carbocycles. The second kappa shape index (κ2) is 23.7. The van der Waals surface area contributed by atoms with Crippen LogP contribution in [0.2, 0.25) is 0 Å². The summed E-state index contributed by atoms with van der Waals surface area (Å²) in [5.41, 5.74) is 4.14. The molecule has 0 aliphatic carbocycles. The van der Waals surface area contributed by atoms with Crippen LogP contribution in [-0.4, -0.2) is 113 Å². The monoisotopic (exact) mass is 910 g/mol. The van der Waals surface area contributed by atoms with E-state index in [0.717, 1.165) is 22.3 Å². The quantitative estimate of drug-likeness (QED) is 0.0566. The number of aliphatic hydroxyl groups excluding tert-OH is 2. The average Bonchev–Trinajstić information content (AvgIpc) is 3.35. The molecule has 0 spiro atoms. The molecule has 6 rings (SSSR count). The van der Waals surface area contributed by atoms with Crippen LogP contribution in [0.25, 0.3) is 11.0 Å². The van der Waals surface area contributed by atoms with Gasteiger partial charge in [-0.05, 0) is 70.8 Å². The van der Waals surface area contributed by atoms with Crippen LogP contribution in [0.15, 0.2) is 72.8 Å². The van der Waals surface area contributed by atoms with Gasteiger partial charge in [-0.25, -0.2) is 0 Å². The Morgan fingerprint density at radius 3 is 0.894 bits per heavy atom. The van der Waals surface area contributed by atoms with Crippen LogP contribution in [0.1, 0.15) is 35.1 Å². The minimum atomic E-state index is -0.0987. The van der Waals surface area contributed by atoms with Gasteiger partial charge >= 0.3 is 12.0 Å². The van der Waals surface area contributed by atoms with Crippen molar-refractivity contribution in [2.45, 2.75) is 39.0 Å². The number of anilines is 2. The molecule has 2 N–H and O–H groups in total. The summed E-state index contributed by atoms with van der Waals surface area (Å²) in [6.45, 7) is 1.22. The Bertz CT molecular complexity index is 2240. The van der Waals surface area contributed by atoms with Crippen molar-refractivity contribution in [3.8, 4) is 58.0 Å². The Hall–Kier alpha value is -7.18. The summed E-state index contributed by atoms with van der Waals surface area (Å²) in [5.74, 6) is 5.26. The van der Waals surface area contributed by atoms with Crippen LogP contribution < -0.4 is 57.2 Å². The largest absolute Gasteiger partial charge is 0.493 e. The molecule has 0 amide bonds. The molecule has 352 valence electrons. The van der Waals surface area contributed by atoms with Crippen LogP contribution in [0.4, 0.5) is 11.6 Å². The van der Waals surface area contributed by atoms with E-state index in [4.69, 9.17) is 67.3 Å². The highest BCUT2D eigenvalue weighted by molar-refractivity contribution is 5.94. The van der Waals surface area contributed by atoms with E-state index in [2.05, 4.69) is 0 Å². The smallest absolute Gasteiger partial charge is 0.319 e. The molecular weight excluding hydrogens is 853 g/mol. The first-order chi connectivity index (χ1) is 32.2. The van der Waals surface area contributed by atoms with Crippen LogP contribution in [0.5, 0.6) is 58.0 Å². The molecule has 2 aromatic heterocycles. The molecule has 0 unspecified atom stereocenters. The van der Waals surface area contributed by atoms with Gasteiger partial charge in [0.25, 0.3) is 0 Å². The minimum Gasteiger partial charge on any atom is -0.493 e. The summed E-state index contributed by atoms with van der Waals surface area (Å²) < 4.78 is 57.5. The second-order valence-corrected chi connectivity index (χ2v) is 14.7. The lowest BCUT2D eigenvalue weighted by Crippen LogP contribution is -2.27. The number of fused-ring (bicyclic) bond motifs is 1. The first kappa shape index (κ1) is 48.3. The molecule has 18 heteroatoms. The van der Waals surface area contributed by atoms with E-state index in [9.17, 15) is 10.2 Å². The Balaban J connectivity index is 1.63. The number of ether oxygens (including phenoxy) is 10. The van der Waals surface area contributed by atoms with Gasteiger partial charge in [0, 0.05) is 52.2 Å². The lowest BCUT2D eigenvalue weighted by atomic mass is 10.1. The number of hydrogen-bond donors (Lipinski definition) is 2. The molecule has 0 bridgehead atoms. The number of nitrogens with zero attached hydrogens (tertiary/aromatic N) is 6. The third kappa shape index (κ3) is 11.7. The minimum absolute atomic E-state index is 0.0338. The number of methoxy groups -OCH3 is 8. The first-order valence-corrected chi connectivity index (χ1v) is 21.1. The normalized spacial score (nSPS) is 10.9. The molecule has 0 fully saturated rings. The number of aromatic nitrogens is 4. The van der Waals surface area contributed by atoms with Gasteiger partial charge in [0.2, 0.25) is 0 Å². The topological polar surface area (TPSA) is 191 Å². The van der Waals surface area contributed by atoms with Gasteiger partial charge in [0.05, 0.1) is 70.1 Å². The Kier molecular flexibility index (Phi) is 17.3. The summed E-state index contributed by atoms with van der Waals surface area (Å²) in [6, 6.07) is 22.8. The van der Waals surface area contributed by atoms with E-state index >= 15 is 0 Å². The highest BCUT2D eigenvalue weighted by Gasteiger charge is 2.26. The zero-order valence-corrected chi connectivity index (χ0v) is 38.7. The Morgan fingerprint density at radius 2 is 0.652 bits per heavy atom. The Labute approximate surface area is 384 Å². The van der Waals surface area contributed by atoms with Gasteiger partial charge in [-0.1, -0.05) is 24.3 Å². The van der Waals surface area contributed by atoms with Crippen molar-refractivity contribution in [1.29, 1.82) is 0 Å². The van der Waals surface area contributed by atoms with Crippen molar-refractivity contribution in [2.75, 3.05) is 93.1 Å². The number of rotatable bonds is 26. The Morgan fingerprint density at radius 1 is 0.379 bits per heavy atom. The van der Waals surface area contributed by atoms with E-state index in [1.165, 1.54) is 0 Å². The summed E-state index contributed by atoms with van der Waals surface area (Å²) in [4.78, 5) is 24.2. The van der Waals surface area contributed by atoms with Crippen LogP contribution in [-0.2, 0) is 26.2 Å². The zero-order valence-electron chi connectivity index (χ0n) is 38.7. The standard InChI is InChI=1S/C48H58N6O12/c1-57-35-15-11-31(23-39(35)61-5)27-53(28-32-12-16-36(58-2)40(24-32)62-6)45-43-44(50-47(51-45)65-21-9-19-55)46(52-48(49-43)66-22-10-20-56)54(29-33-13-17-37(59-3)41(25-33)63-7)30-34-14-18-38(60-4)42(26-34)64-8/h11-18,23-26,55-56H,9-10,19-22,27-30H2,1-8H3. The fourth-order valence-electron chi connectivity index (χ4n) is 7.18. The van der Waals surface area contributed by atoms with Gasteiger partial charge < -0.3 is 67.4 Å². The van der Waals surface area contributed by atoms with E-state index in [1.54, 1.807) is 56.9 Å². The number of hydrogen-bond acceptors (Lipinski definition) is 18. The third-order valence-corrected chi connectivity index (χ3v) is 10.4. The molecule has 18 nitrogen and oxygen atoms in total. The SMILES string of the molecule is COc1ccc(CN(Cc2ccc(OC)c(OC)c2)c2nc(OCCCO)nc3c(N(Cc4ccc(OC)c(OC)c4)Cc4ccc(OC)c(OC)c4)nc(OCCCO)nc23)cc1OC. The molecule has 0 aliphatic rings. The molecular formula is C48H58N6O12. The molecule has 0 aliphatic heterocycles. The van der Waals surface area contributed by atoms with Crippen molar-refractivity contribution < 1.29 is 57.6 Å². The lowest BCUT2D eigenvalue weighted by molar-refractivity contribution is 0.223. The zero-order chi connectivity index (χ0) is 47.0. The summed E-state index contributed by atoms with van der Waals surface area (Å²) in [7, 11) is 12.7. The maximum absolute atomic E-state index is 9.75. The highest BCUT2D eigenvalue weighted by Crippen LogP contribution is 2.38.